The first kappa shape index (κ1) is 41.2. The van der Waals surface area contributed by atoms with Crippen LogP contribution in [0, 0.1) is 0 Å². The van der Waals surface area contributed by atoms with Crippen molar-refractivity contribution in [2.24, 2.45) is 0 Å². The third-order valence-electron chi connectivity index (χ3n) is 14.9. The van der Waals surface area contributed by atoms with Crippen LogP contribution in [0.25, 0.3) is 86.2 Å². The van der Waals surface area contributed by atoms with Gasteiger partial charge in [0.15, 0.2) is 0 Å². The Labute approximate surface area is 417 Å². The summed E-state index contributed by atoms with van der Waals surface area (Å²) < 4.78 is 2.60. The van der Waals surface area contributed by atoms with Crippen molar-refractivity contribution in [2.45, 2.75) is 5.41 Å². The molecule has 0 atom stereocenters. The van der Waals surface area contributed by atoms with E-state index >= 15 is 0 Å². The SMILES string of the molecule is c1ccc(C2(c3ccccc3)c3ccccc3-c3c(N(c4ccc(-c5ccc(-c6ccc7cc(-c8ccc9ccccc9c8)ccc7c6)cc5)cc4)c4ccc5sc6ccccc6c5c4)cccc32)cc1. The maximum atomic E-state index is 2.49. The Hall–Kier alpha value is -8.82. The van der Waals surface area contributed by atoms with Crippen molar-refractivity contribution in [3.63, 3.8) is 0 Å². The van der Waals surface area contributed by atoms with Crippen molar-refractivity contribution in [1.82, 2.24) is 0 Å². The van der Waals surface area contributed by atoms with E-state index in [1.807, 2.05) is 11.3 Å². The van der Waals surface area contributed by atoms with Gasteiger partial charge in [-0.05, 0) is 143 Å². The summed E-state index contributed by atoms with van der Waals surface area (Å²) in [6, 6.07) is 101. The highest BCUT2D eigenvalue weighted by Crippen LogP contribution is 2.59. The van der Waals surface area contributed by atoms with Gasteiger partial charge in [-0.3, -0.25) is 0 Å². The molecule has 1 heterocycles. The molecule has 1 aliphatic carbocycles. The maximum absolute atomic E-state index is 2.49. The number of thiophene rings is 1. The fourth-order valence-corrected chi connectivity index (χ4v) is 12.7. The van der Waals surface area contributed by atoms with Gasteiger partial charge in [0.2, 0.25) is 0 Å². The monoisotopic (exact) mass is 919 g/mol. The number of fused-ring (bicyclic) bond motifs is 8. The summed E-state index contributed by atoms with van der Waals surface area (Å²) in [5, 5.41) is 7.57. The first-order valence-corrected chi connectivity index (χ1v) is 25.3. The van der Waals surface area contributed by atoms with E-state index in [-0.39, 0.29) is 0 Å². The molecule has 1 aliphatic rings. The molecule has 0 unspecified atom stereocenters. The predicted octanol–water partition coefficient (Wildman–Crippen LogP) is 19.2. The lowest BCUT2D eigenvalue weighted by molar-refractivity contribution is 0.768. The molecule has 2 heteroatoms. The predicted molar refractivity (Wildman–Crippen MR) is 303 cm³/mol. The lowest BCUT2D eigenvalue weighted by Crippen LogP contribution is -2.28. The molecule has 71 heavy (non-hydrogen) atoms. The van der Waals surface area contributed by atoms with Crippen LogP contribution in [0.15, 0.2) is 273 Å². The van der Waals surface area contributed by atoms with Crippen LogP contribution in [0.4, 0.5) is 17.1 Å². The van der Waals surface area contributed by atoms with Crippen LogP contribution in [0.2, 0.25) is 0 Å². The average Bonchev–Trinajstić information content (AvgIpc) is 3.98. The Balaban J connectivity index is 0.854. The zero-order valence-electron chi connectivity index (χ0n) is 38.8. The van der Waals surface area contributed by atoms with E-state index < -0.39 is 5.41 Å². The number of nitrogens with zero attached hydrogens (tertiary/aromatic N) is 1. The Morgan fingerprint density at radius 1 is 0.296 bits per heavy atom. The molecule has 0 saturated heterocycles. The minimum absolute atomic E-state index is 0.505. The van der Waals surface area contributed by atoms with Crippen LogP contribution in [-0.2, 0) is 5.41 Å². The van der Waals surface area contributed by atoms with Crippen LogP contribution in [0.5, 0.6) is 0 Å². The van der Waals surface area contributed by atoms with E-state index in [0.29, 0.717) is 0 Å². The Morgan fingerprint density at radius 3 is 1.46 bits per heavy atom. The van der Waals surface area contributed by atoms with Gasteiger partial charge in [0.25, 0.3) is 0 Å². The van der Waals surface area contributed by atoms with Crippen molar-refractivity contribution in [3.05, 3.63) is 295 Å². The molecule has 332 valence electrons. The standard InChI is InChI=1S/C69H45NS/c1-3-16-56(17-4-1)69(57-18-5-2-6-19-57)63-22-11-9-21-61(63)68-64(69)23-13-24-65(68)70(59-40-41-67-62(45-59)60-20-10-12-25-66(60)71-67)58-38-36-48(37-39-58)47-26-28-49(29-27-47)51-32-33-54-44-55(35-34-53(54)43-51)52-31-30-46-14-7-8-15-50(46)42-52/h1-45H. The van der Waals surface area contributed by atoms with Crippen LogP contribution in [0.1, 0.15) is 22.3 Å². The molecule has 0 spiro atoms. The molecule has 13 aromatic rings. The van der Waals surface area contributed by atoms with Gasteiger partial charge in [-0.1, -0.05) is 212 Å². The highest BCUT2D eigenvalue weighted by atomic mass is 32.1. The number of benzene rings is 12. The van der Waals surface area contributed by atoms with Crippen molar-refractivity contribution in [3.8, 4) is 44.5 Å². The van der Waals surface area contributed by atoms with Gasteiger partial charge in [0.1, 0.15) is 0 Å². The molecule has 0 radical (unpaired) electrons. The van der Waals surface area contributed by atoms with Crippen LogP contribution in [0.3, 0.4) is 0 Å². The fraction of sp³-hybridized carbons (Fsp3) is 0.0145. The van der Waals surface area contributed by atoms with Crippen LogP contribution in [-0.4, -0.2) is 0 Å². The minimum atomic E-state index is -0.505. The van der Waals surface area contributed by atoms with Crippen molar-refractivity contribution in [2.75, 3.05) is 4.90 Å². The normalized spacial score (nSPS) is 12.6. The molecule has 0 saturated carbocycles. The quantitative estimate of drug-likeness (QED) is 0.147. The second kappa shape index (κ2) is 16.7. The molecule has 1 aromatic heterocycles. The number of hydrogen-bond acceptors (Lipinski definition) is 2. The van der Waals surface area contributed by atoms with Gasteiger partial charge in [0.05, 0.1) is 11.1 Å². The lowest BCUT2D eigenvalue weighted by Gasteiger charge is -2.34. The van der Waals surface area contributed by atoms with Gasteiger partial charge >= 0.3 is 0 Å². The zero-order chi connectivity index (χ0) is 46.9. The largest absolute Gasteiger partial charge is 0.310 e. The molecule has 14 rings (SSSR count). The molecular formula is C69H45NS. The van der Waals surface area contributed by atoms with E-state index in [0.717, 1.165) is 17.1 Å². The minimum Gasteiger partial charge on any atom is -0.310 e. The van der Waals surface area contributed by atoms with E-state index in [2.05, 4.69) is 278 Å². The van der Waals surface area contributed by atoms with Gasteiger partial charge in [-0.2, -0.15) is 0 Å². The Kier molecular flexibility index (Phi) is 9.69. The summed E-state index contributed by atoms with van der Waals surface area (Å²) in [5.74, 6) is 0. The third-order valence-corrected chi connectivity index (χ3v) is 16.1. The maximum Gasteiger partial charge on any atom is 0.0714 e. The Morgan fingerprint density at radius 2 is 0.775 bits per heavy atom. The number of hydrogen-bond donors (Lipinski definition) is 0. The van der Waals surface area contributed by atoms with Gasteiger partial charge in [-0.25, -0.2) is 0 Å². The van der Waals surface area contributed by atoms with Crippen LogP contribution < -0.4 is 4.90 Å². The summed E-state index contributed by atoms with van der Waals surface area (Å²) in [7, 11) is 0. The zero-order valence-corrected chi connectivity index (χ0v) is 39.7. The first-order valence-electron chi connectivity index (χ1n) is 24.5. The average molecular weight is 920 g/mol. The van der Waals surface area contributed by atoms with Gasteiger partial charge < -0.3 is 4.90 Å². The fourth-order valence-electron chi connectivity index (χ4n) is 11.6. The molecule has 0 N–H and O–H groups in total. The molecule has 0 fully saturated rings. The van der Waals surface area contributed by atoms with Gasteiger partial charge in [-0.15, -0.1) is 11.3 Å². The Bertz CT molecular complexity index is 4110. The molecule has 0 aliphatic heterocycles. The summed E-state index contributed by atoms with van der Waals surface area (Å²) in [5.41, 5.74) is 17.7. The van der Waals surface area contributed by atoms with Crippen LogP contribution >= 0.6 is 11.3 Å². The first-order chi connectivity index (χ1) is 35.2. The number of rotatable bonds is 8. The highest BCUT2D eigenvalue weighted by molar-refractivity contribution is 7.25. The molecule has 1 nitrogen and oxygen atoms in total. The summed E-state index contributed by atoms with van der Waals surface area (Å²) in [6.07, 6.45) is 0. The molecule has 12 aromatic carbocycles. The highest BCUT2D eigenvalue weighted by Gasteiger charge is 2.47. The molecule has 0 amide bonds. The van der Waals surface area contributed by atoms with Crippen molar-refractivity contribution in [1.29, 1.82) is 0 Å². The lowest BCUT2D eigenvalue weighted by atomic mass is 9.68. The van der Waals surface area contributed by atoms with E-state index in [1.54, 1.807) is 0 Å². The molecular weight excluding hydrogens is 875 g/mol. The van der Waals surface area contributed by atoms with E-state index in [4.69, 9.17) is 0 Å². The number of anilines is 3. The third kappa shape index (κ3) is 6.75. The van der Waals surface area contributed by atoms with E-state index in [9.17, 15) is 0 Å². The topological polar surface area (TPSA) is 3.24 Å². The second-order valence-corrected chi connectivity index (χ2v) is 19.9. The summed E-state index contributed by atoms with van der Waals surface area (Å²) in [4.78, 5) is 2.49. The smallest absolute Gasteiger partial charge is 0.0714 e. The van der Waals surface area contributed by atoms with Crippen molar-refractivity contribution < 1.29 is 0 Å². The van der Waals surface area contributed by atoms with E-state index in [1.165, 1.54) is 108 Å². The molecule has 0 bridgehead atoms. The summed E-state index contributed by atoms with van der Waals surface area (Å²) in [6.45, 7) is 0. The second-order valence-electron chi connectivity index (χ2n) is 18.8. The van der Waals surface area contributed by atoms with Gasteiger partial charge in [0, 0.05) is 37.1 Å². The summed E-state index contributed by atoms with van der Waals surface area (Å²) >= 11 is 1.86. The van der Waals surface area contributed by atoms with Crippen molar-refractivity contribution >= 4 is 70.1 Å².